The van der Waals surface area contributed by atoms with Gasteiger partial charge in [-0.05, 0) is 94.9 Å². The standard InChI is InChI=1S/C48H34N2S/c1-2-13-29-49-42-26-24-38-39-25-28-44-46(41-31-36(33-16-9-4-10-17-33)23-27-43(41)50(44)37-19-11-5-12-20-37)48(39)51-47(38)45(42)40-30-35(22-21-34(40)18-6-1)32-14-7-3-8-15-32/h3-31,49H,1-2H2/b18-6-,29-13+. The van der Waals surface area contributed by atoms with Crippen molar-refractivity contribution in [3.63, 3.8) is 0 Å². The van der Waals surface area contributed by atoms with Crippen molar-refractivity contribution in [3.05, 3.63) is 176 Å². The molecule has 9 aromatic rings. The zero-order chi connectivity index (χ0) is 33.7. The SMILES string of the molecule is C1=C\c2ccc(-c3ccccc3)cc2-c2c(ccc3c2sc2c3ccc3c2c2cc(-c4ccccc4)ccc2n3-c2ccccc2)N/C=C/CC/1. The van der Waals surface area contributed by atoms with Crippen molar-refractivity contribution < 1.29 is 0 Å². The van der Waals surface area contributed by atoms with Gasteiger partial charge >= 0.3 is 0 Å². The molecule has 10 rings (SSSR count). The number of hydrogen-bond acceptors (Lipinski definition) is 2. The van der Waals surface area contributed by atoms with E-state index in [0.29, 0.717) is 0 Å². The molecule has 242 valence electrons. The minimum atomic E-state index is 0.996. The Balaban J connectivity index is 1.31. The van der Waals surface area contributed by atoms with Crippen LogP contribution >= 0.6 is 11.3 Å². The van der Waals surface area contributed by atoms with Crippen LogP contribution in [0.25, 0.3) is 87.1 Å². The highest BCUT2D eigenvalue weighted by Crippen LogP contribution is 2.49. The van der Waals surface area contributed by atoms with E-state index in [9.17, 15) is 0 Å². The Morgan fingerprint density at radius 2 is 1.16 bits per heavy atom. The van der Waals surface area contributed by atoms with Gasteiger partial charge in [0.2, 0.25) is 0 Å². The molecule has 2 nitrogen and oxygen atoms in total. The van der Waals surface area contributed by atoms with E-state index in [2.05, 4.69) is 186 Å². The van der Waals surface area contributed by atoms with Crippen molar-refractivity contribution in [3.8, 4) is 39.1 Å². The number of rotatable bonds is 3. The van der Waals surface area contributed by atoms with Gasteiger partial charge in [0.15, 0.2) is 0 Å². The monoisotopic (exact) mass is 670 g/mol. The summed E-state index contributed by atoms with van der Waals surface area (Å²) < 4.78 is 5.06. The Hall–Kier alpha value is -6.16. The summed E-state index contributed by atoms with van der Waals surface area (Å²) in [6.45, 7) is 0. The van der Waals surface area contributed by atoms with Gasteiger partial charge in [-0.3, -0.25) is 0 Å². The summed E-state index contributed by atoms with van der Waals surface area (Å²) in [5, 5.41) is 8.87. The second-order valence-electron chi connectivity index (χ2n) is 13.3. The molecule has 0 amide bonds. The molecule has 0 fully saturated rings. The van der Waals surface area contributed by atoms with Gasteiger partial charge in [-0.2, -0.15) is 0 Å². The van der Waals surface area contributed by atoms with Crippen molar-refractivity contribution in [2.24, 2.45) is 0 Å². The molecule has 0 atom stereocenters. The minimum Gasteiger partial charge on any atom is -0.361 e. The van der Waals surface area contributed by atoms with E-state index in [-0.39, 0.29) is 0 Å². The number of fused-ring (bicyclic) bond motifs is 11. The summed E-state index contributed by atoms with van der Waals surface area (Å²) in [6, 6.07) is 55.4. The summed E-state index contributed by atoms with van der Waals surface area (Å²) in [5.41, 5.74) is 13.4. The molecule has 3 heteroatoms. The van der Waals surface area contributed by atoms with Crippen LogP contribution in [0.1, 0.15) is 18.4 Å². The second-order valence-corrected chi connectivity index (χ2v) is 14.3. The van der Waals surface area contributed by atoms with Gasteiger partial charge in [0, 0.05) is 47.9 Å². The first-order chi connectivity index (χ1) is 25.3. The van der Waals surface area contributed by atoms with Crippen LogP contribution in [0, 0.1) is 0 Å². The lowest BCUT2D eigenvalue weighted by Gasteiger charge is -2.15. The molecule has 7 aromatic carbocycles. The van der Waals surface area contributed by atoms with Gasteiger partial charge in [-0.25, -0.2) is 0 Å². The fourth-order valence-corrected chi connectivity index (χ4v) is 9.24. The van der Waals surface area contributed by atoms with Crippen LogP contribution in [-0.4, -0.2) is 4.57 Å². The lowest BCUT2D eigenvalue weighted by Crippen LogP contribution is -1.94. The van der Waals surface area contributed by atoms with Gasteiger partial charge in [-0.1, -0.05) is 127 Å². The summed E-state index contributed by atoms with van der Waals surface area (Å²) >= 11 is 1.93. The van der Waals surface area contributed by atoms with E-state index < -0.39 is 0 Å². The smallest absolute Gasteiger partial charge is 0.0555 e. The van der Waals surface area contributed by atoms with Crippen LogP contribution in [0.4, 0.5) is 5.69 Å². The van der Waals surface area contributed by atoms with Gasteiger partial charge < -0.3 is 9.88 Å². The Morgan fingerprint density at radius 3 is 1.94 bits per heavy atom. The Labute approximate surface area is 301 Å². The predicted molar refractivity (Wildman–Crippen MR) is 221 cm³/mol. The molecule has 2 aromatic heterocycles. The maximum atomic E-state index is 3.71. The summed E-state index contributed by atoms with van der Waals surface area (Å²) in [7, 11) is 0. The number of anilines is 1. The van der Waals surface area contributed by atoms with Crippen LogP contribution in [0.2, 0.25) is 0 Å². The third-order valence-corrected chi connectivity index (χ3v) is 11.5. The van der Waals surface area contributed by atoms with Gasteiger partial charge in [0.25, 0.3) is 0 Å². The van der Waals surface area contributed by atoms with Crippen LogP contribution in [0.3, 0.4) is 0 Å². The number of allylic oxidation sites excluding steroid dienone is 2. The fourth-order valence-electron chi connectivity index (χ4n) is 7.82. The molecule has 0 unspecified atom stereocenters. The van der Waals surface area contributed by atoms with Crippen molar-refractivity contribution in [2.75, 3.05) is 5.32 Å². The first-order valence-electron chi connectivity index (χ1n) is 17.7. The van der Waals surface area contributed by atoms with E-state index in [1.165, 1.54) is 86.6 Å². The number of thiophene rings is 1. The zero-order valence-electron chi connectivity index (χ0n) is 28.0. The van der Waals surface area contributed by atoms with E-state index in [4.69, 9.17) is 0 Å². The van der Waals surface area contributed by atoms with Crippen LogP contribution in [0.5, 0.6) is 0 Å². The largest absolute Gasteiger partial charge is 0.361 e. The van der Waals surface area contributed by atoms with E-state index in [0.717, 1.165) is 18.5 Å². The van der Waals surface area contributed by atoms with Crippen molar-refractivity contribution in [2.45, 2.75) is 12.8 Å². The van der Waals surface area contributed by atoms with E-state index in [1.54, 1.807) is 0 Å². The van der Waals surface area contributed by atoms with Crippen molar-refractivity contribution >= 4 is 65.1 Å². The molecule has 0 saturated carbocycles. The number of hydrogen-bond donors (Lipinski definition) is 1. The maximum absolute atomic E-state index is 3.71. The third-order valence-electron chi connectivity index (χ3n) is 10.2. The van der Waals surface area contributed by atoms with E-state index in [1.807, 2.05) is 11.3 Å². The highest BCUT2D eigenvalue weighted by atomic mass is 32.1. The van der Waals surface area contributed by atoms with Crippen LogP contribution < -0.4 is 5.32 Å². The highest BCUT2D eigenvalue weighted by Gasteiger charge is 2.22. The molecular formula is C48H34N2S. The molecule has 1 aliphatic heterocycles. The average molecular weight is 671 g/mol. The third kappa shape index (κ3) is 5.00. The van der Waals surface area contributed by atoms with Crippen LogP contribution in [-0.2, 0) is 0 Å². The number of aromatic nitrogens is 1. The quantitative estimate of drug-likeness (QED) is 0.198. The molecule has 0 spiro atoms. The molecule has 1 aliphatic rings. The summed E-state index contributed by atoms with van der Waals surface area (Å²) in [5.74, 6) is 0. The zero-order valence-corrected chi connectivity index (χ0v) is 28.8. The average Bonchev–Trinajstić information content (AvgIpc) is 3.72. The van der Waals surface area contributed by atoms with Gasteiger partial charge in [-0.15, -0.1) is 11.3 Å². The minimum absolute atomic E-state index is 0.996. The molecule has 51 heavy (non-hydrogen) atoms. The van der Waals surface area contributed by atoms with E-state index >= 15 is 0 Å². The molecule has 0 radical (unpaired) electrons. The number of benzene rings is 7. The summed E-state index contributed by atoms with van der Waals surface area (Å²) in [4.78, 5) is 0. The summed E-state index contributed by atoms with van der Waals surface area (Å²) in [6.07, 6.45) is 11.0. The van der Waals surface area contributed by atoms with Crippen molar-refractivity contribution in [1.29, 1.82) is 0 Å². The predicted octanol–water partition coefficient (Wildman–Crippen LogP) is 13.9. The number of nitrogens with zero attached hydrogens (tertiary/aromatic N) is 1. The topological polar surface area (TPSA) is 17.0 Å². The highest BCUT2D eigenvalue weighted by molar-refractivity contribution is 7.27. The van der Waals surface area contributed by atoms with Gasteiger partial charge in [0.05, 0.1) is 11.0 Å². The molecule has 0 aliphatic carbocycles. The van der Waals surface area contributed by atoms with Crippen LogP contribution in [0.15, 0.2) is 170 Å². The molecule has 0 saturated heterocycles. The second kappa shape index (κ2) is 12.3. The Kier molecular flexibility index (Phi) is 7.18. The fraction of sp³-hybridized carbons (Fsp3) is 0.0417. The lowest BCUT2D eigenvalue weighted by molar-refractivity contribution is 1.05. The van der Waals surface area contributed by atoms with Crippen molar-refractivity contribution in [1.82, 2.24) is 4.57 Å². The molecular weight excluding hydrogens is 637 g/mol. The lowest BCUT2D eigenvalue weighted by atomic mass is 9.92. The molecule has 3 heterocycles. The molecule has 1 N–H and O–H groups in total. The Morgan fingerprint density at radius 1 is 0.510 bits per heavy atom. The molecule has 0 bridgehead atoms. The first-order valence-corrected chi connectivity index (χ1v) is 18.5. The number of nitrogens with one attached hydrogen (secondary N) is 1. The van der Waals surface area contributed by atoms with Gasteiger partial charge in [0.1, 0.15) is 0 Å². The number of para-hydroxylation sites is 1. The maximum Gasteiger partial charge on any atom is 0.0555 e. The normalized spacial score (nSPS) is 14.2. The first kappa shape index (κ1) is 29.7. The Bertz CT molecular complexity index is 2800.